The van der Waals surface area contributed by atoms with E-state index in [-0.39, 0.29) is 0 Å². The van der Waals surface area contributed by atoms with E-state index in [0.29, 0.717) is 0 Å². The van der Waals surface area contributed by atoms with Gasteiger partial charge in [0.05, 0.1) is 22.8 Å². The lowest BCUT2D eigenvalue weighted by Gasteiger charge is -1.99. The van der Waals surface area contributed by atoms with Crippen LogP contribution in [0, 0.1) is 6.92 Å². The Kier molecular flexibility index (Phi) is 2.68. The Hall–Kier alpha value is -2.82. The SMILES string of the molecule is COc1ccc2c(c1)sc1c2c2cccc3c4sc5cc(C)ccc5c4n1c32. The largest absolute Gasteiger partial charge is 0.497 e. The number of methoxy groups -OCH3 is 1. The molecule has 0 radical (unpaired) electrons. The molecule has 4 aromatic heterocycles. The molecule has 0 saturated carbocycles. The first kappa shape index (κ1) is 15.1. The Morgan fingerprint density at radius 3 is 2.50 bits per heavy atom. The van der Waals surface area contributed by atoms with Gasteiger partial charge in [0.15, 0.2) is 0 Å². The summed E-state index contributed by atoms with van der Waals surface area (Å²) in [5.74, 6) is 0.917. The van der Waals surface area contributed by atoms with E-state index in [2.05, 4.69) is 65.9 Å². The highest BCUT2D eigenvalue weighted by Crippen LogP contribution is 2.49. The number of aromatic nitrogens is 1. The van der Waals surface area contributed by atoms with Gasteiger partial charge in [-0.05, 0) is 36.8 Å². The van der Waals surface area contributed by atoms with Crippen LogP contribution in [0.5, 0.6) is 5.75 Å². The Balaban J connectivity index is 1.81. The summed E-state index contributed by atoms with van der Waals surface area (Å²) >= 11 is 3.79. The summed E-state index contributed by atoms with van der Waals surface area (Å²) in [5.41, 5.74) is 4.04. The molecule has 7 rings (SSSR count). The molecule has 0 aliphatic carbocycles. The molecule has 0 aliphatic heterocycles. The second-order valence-electron chi connectivity index (χ2n) is 7.46. The summed E-state index contributed by atoms with van der Waals surface area (Å²) in [6, 6.07) is 20.0. The number of aryl methyl sites for hydroxylation is 1. The zero-order valence-electron chi connectivity index (χ0n) is 15.4. The molecule has 0 fully saturated rings. The number of thiophene rings is 2. The Morgan fingerprint density at radius 1 is 0.786 bits per heavy atom. The third-order valence-electron chi connectivity index (χ3n) is 5.90. The van der Waals surface area contributed by atoms with E-state index in [0.717, 1.165) is 5.75 Å². The summed E-state index contributed by atoms with van der Waals surface area (Å²) in [6.45, 7) is 2.17. The van der Waals surface area contributed by atoms with Crippen LogP contribution in [0.1, 0.15) is 5.56 Å². The zero-order valence-corrected chi connectivity index (χ0v) is 17.0. The van der Waals surface area contributed by atoms with Crippen molar-refractivity contribution in [2.45, 2.75) is 6.92 Å². The second-order valence-corrected chi connectivity index (χ2v) is 9.54. The van der Waals surface area contributed by atoms with Crippen LogP contribution in [-0.4, -0.2) is 11.5 Å². The summed E-state index contributed by atoms with van der Waals surface area (Å²) < 4.78 is 12.0. The lowest BCUT2D eigenvalue weighted by atomic mass is 10.1. The van der Waals surface area contributed by atoms with Crippen LogP contribution < -0.4 is 4.74 Å². The number of hydrogen-bond acceptors (Lipinski definition) is 3. The molecule has 3 aromatic carbocycles. The van der Waals surface area contributed by atoms with Crippen molar-refractivity contribution in [2.24, 2.45) is 0 Å². The maximum Gasteiger partial charge on any atom is 0.120 e. The molecule has 0 saturated heterocycles. The minimum Gasteiger partial charge on any atom is -0.497 e. The molecule has 7 aromatic rings. The molecule has 0 N–H and O–H groups in total. The minimum atomic E-state index is 0.917. The normalized spacial score (nSPS) is 12.6. The van der Waals surface area contributed by atoms with Gasteiger partial charge in [0.1, 0.15) is 10.6 Å². The summed E-state index contributed by atoms with van der Waals surface area (Å²) in [4.78, 5) is 1.34. The quantitative estimate of drug-likeness (QED) is 0.278. The Bertz CT molecular complexity index is 1710. The van der Waals surface area contributed by atoms with Crippen molar-refractivity contribution in [3.63, 3.8) is 0 Å². The highest BCUT2D eigenvalue weighted by Gasteiger charge is 2.23. The number of rotatable bonds is 1. The average Bonchev–Trinajstić information content (AvgIpc) is 3.41. The van der Waals surface area contributed by atoms with Gasteiger partial charge in [-0.3, -0.25) is 4.40 Å². The van der Waals surface area contributed by atoms with Gasteiger partial charge in [0.2, 0.25) is 0 Å². The summed E-state index contributed by atoms with van der Waals surface area (Å²) in [7, 11) is 1.73. The molecule has 0 bridgehead atoms. The molecular formula is C24H15NOS2. The topological polar surface area (TPSA) is 13.6 Å². The third-order valence-corrected chi connectivity index (χ3v) is 8.21. The van der Waals surface area contributed by atoms with E-state index >= 15 is 0 Å². The molecular weight excluding hydrogens is 382 g/mol. The van der Waals surface area contributed by atoms with Gasteiger partial charge in [-0.25, -0.2) is 0 Å². The molecule has 0 aliphatic rings. The lowest BCUT2D eigenvalue weighted by Crippen LogP contribution is -1.80. The van der Waals surface area contributed by atoms with Crippen molar-refractivity contribution >= 4 is 79.6 Å². The number of benzene rings is 3. The van der Waals surface area contributed by atoms with Gasteiger partial charge >= 0.3 is 0 Å². The first-order chi connectivity index (χ1) is 13.7. The van der Waals surface area contributed by atoms with Crippen LogP contribution in [0.3, 0.4) is 0 Å². The van der Waals surface area contributed by atoms with Crippen LogP contribution in [0.25, 0.3) is 56.9 Å². The molecule has 0 spiro atoms. The maximum absolute atomic E-state index is 5.46. The zero-order chi connectivity index (χ0) is 18.6. The van der Waals surface area contributed by atoms with Gasteiger partial charge in [-0.1, -0.05) is 30.3 Å². The number of fused-ring (bicyclic) bond motifs is 10. The fourth-order valence-corrected chi connectivity index (χ4v) is 7.26. The number of nitrogens with zero attached hydrogens (tertiary/aromatic N) is 1. The molecule has 134 valence electrons. The molecule has 4 heterocycles. The van der Waals surface area contributed by atoms with E-state index in [9.17, 15) is 0 Å². The van der Waals surface area contributed by atoms with Crippen LogP contribution in [0.4, 0.5) is 0 Å². The third kappa shape index (κ3) is 1.65. The predicted molar refractivity (Wildman–Crippen MR) is 123 cm³/mol. The van der Waals surface area contributed by atoms with E-state index in [1.54, 1.807) is 7.11 Å². The smallest absolute Gasteiger partial charge is 0.120 e. The fourth-order valence-electron chi connectivity index (χ4n) is 4.69. The van der Waals surface area contributed by atoms with Gasteiger partial charge in [-0.2, -0.15) is 0 Å². The highest BCUT2D eigenvalue weighted by atomic mass is 32.1. The van der Waals surface area contributed by atoms with Crippen molar-refractivity contribution in [2.75, 3.05) is 7.11 Å². The van der Waals surface area contributed by atoms with Crippen LogP contribution in [0.2, 0.25) is 0 Å². The van der Waals surface area contributed by atoms with Gasteiger partial charge in [0.25, 0.3) is 0 Å². The van der Waals surface area contributed by atoms with Gasteiger partial charge in [0, 0.05) is 36.3 Å². The van der Waals surface area contributed by atoms with Crippen molar-refractivity contribution in [1.82, 2.24) is 4.40 Å². The summed E-state index contributed by atoms with van der Waals surface area (Å²) in [5, 5.41) is 6.77. The molecule has 0 atom stereocenters. The van der Waals surface area contributed by atoms with Crippen molar-refractivity contribution in [3.8, 4) is 5.75 Å². The monoisotopic (exact) mass is 397 g/mol. The lowest BCUT2D eigenvalue weighted by molar-refractivity contribution is 0.415. The van der Waals surface area contributed by atoms with E-state index < -0.39 is 0 Å². The number of hydrogen-bond donors (Lipinski definition) is 0. The van der Waals surface area contributed by atoms with Crippen LogP contribution in [0.15, 0.2) is 54.6 Å². The summed E-state index contributed by atoms with van der Waals surface area (Å²) in [6.07, 6.45) is 0. The average molecular weight is 398 g/mol. The van der Waals surface area contributed by atoms with Crippen LogP contribution >= 0.6 is 22.7 Å². The van der Waals surface area contributed by atoms with Gasteiger partial charge in [-0.15, -0.1) is 22.7 Å². The van der Waals surface area contributed by atoms with Crippen molar-refractivity contribution < 1.29 is 4.74 Å². The molecule has 4 heteroatoms. The van der Waals surface area contributed by atoms with Crippen LogP contribution in [-0.2, 0) is 0 Å². The predicted octanol–water partition coefficient (Wildman–Crippen LogP) is 7.58. The van der Waals surface area contributed by atoms with Gasteiger partial charge < -0.3 is 4.74 Å². The van der Waals surface area contributed by atoms with E-state index in [4.69, 9.17) is 4.74 Å². The van der Waals surface area contributed by atoms with E-state index in [1.165, 1.54) is 62.5 Å². The molecule has 28 heavy (non-hydrogen) atoms. The van der Waals surface area contributed by atoms with Crippen molar-refractivity contribution in [3.05, 3.63) is 60.2 Å². The number of para-hydroxylation sites is 1. The molecule has 2 nitrogen and oxygen atoms in total. The maximum atomic E-state index is 5.46. The molecule has 0 unspecified atom stereocenters. The standard InChI is InChI=1S/C24H15NOS2/c1-12-6-8-15-18(10-12)27-23-17-5-3-4-16-20-14-9-7-13(26-2)11-19(14)28-24(20)25(21(16)17)22(15)23/h3-11H,1-2H3. The first-order valence-electron chi connectivity index (χ1n) is 9.32. The van der Waals surface area contributed by atoms with Crippen molar-refractivity contribution in [1.29, 1.82) is 0 Å². The Morgan fingerprint density at radius 2 is 1.61 bits per heavy atom. The Labute approximate surface area is 168 Å². The molecule has 0 amide bonds. The highest BCUT2D eigenvalue weighted by molar-refractivity contribution is 7.27. The minimum absolute atomic E-state index is 0.917. The second kappa shape index (κ2) is 4.96. The van der Waals surface area contributed by atoms with E-state index in [1.807, 2.05) is 22.7 Å². The fraction of sp³-hybridized carbons (Fsp3) is 0.0833. The first-order valence-corrected chi connectivity index (χ1v) is 11.0. The number of ether oxygens (including phenoxy) is 1.